The van der Waals surface area contributed by atoms with E-state index < -0.39 is 0 Å². The molecule has 0 aliphatic carbocycles. The van der Waals surface area contributed by atoms with Gasteiger partial charge in [0.2, 0.25) is 0 Å². The van der Waals surface area contributed by atoms with Crippen LogP contribution in [0.4, 0.5) is 0 Å². The first-order valence-electron chi connectivity index (χ1n) is 7.18. The summed E-state index contributed by atoms with van der Waals surface area (Å²) in [6, 6.07) is 11.5. The molecule has 0 aliphatic heterocycles. The normalized spacial score (nSPS) is 10.8. The number of rotatable bonds is 4. The van der Waals surface area contributed by atoms with Gasteiger partial charge in [-0.2, -0.15) is 0 Å². The van der Waals surface area contributed by atoms with Gasteiger partial charge in [-0.15, -0.1) is 0 Å². The standard InChI is InChI=1S/C18H16O5/c1-22-13-5-2-11(3-6-13)4-7-14-10-16(20)15-8-12(19)9-17(21)18(15)23-14/h2-3,5-6,8-10,19,21H,4,7H2,1H3. The van der Waals surface area contributed by atoms with E-state index in [1.54, 1.807) is 7.11 Å². The van der Waals surface area contributed by atoms with Crippen LogP contribution < -0.4 is 10.2 Å². The smallest absolute Gasteiger partial charge is 0.193 e. The average Bonchev–Trinajstić information content (AvgIpc) is 2.54. The second-order valence-electron chi connectivity index (χ2n) is 5.27. The number of fused-ring (bicyclic) bond motifs is 1. The van der Waals surface area contributed by atoms with Crippen LogP contribution in [0, 0.1) is 0 Å². The zero-order chi connectivity index (χ0) is 16.4. The van der Waals surface area contributed by atoms with Gasteiger partial charge in [0.25, 0.3) is 0 Å². The minimum atomic E-state index is -0.290. The highest BCUT2D eigenvalue weighted by molar-refractivity contribution is 5.83. The Bertz CT molecular complexity index is 894. The third kappa shape index (κ3) is 3.13. The van der Waals surface area contributed by atoms with Crippen LogP contribution in [-0.2, 0) is 12.8 Å². The van der Waals surface area contributed by atoms with Crippen molar-refractivity contribution in [3.63, 3.8) is 0 Å². The number of hydrogen-bond donors (Lipinski definition) is 2. The molecule has 118 valence electrons. The number of ether oxygens (including phenoxy) is 1. The summed E-state index contributed by atoms with van der Waals surface area (Å²) >= 11 is 0. The highest BCUT2D eigenvalue weighted by Crippen LogP contribution is 2.28. The quantitative estimate of drug-likeness (QED) is 0.774. The van der Waals surface area contributed by atoms with Gasteiger partial charge in [0.1, 0.15) is 17.3 Å². The van der Waals surface area contributed by atoms with Crippen LogP contribution in [0.15, 0.2) is 51.7 Å². The highest BCUT2D eigenvalue weighted by atomic mass is 16.5. The lowest BCUT2D eigenvalue weighted by Crippen LogP contribution is -2.03. The Labute approximate surface area is 132 Å². The summed E-state index contributed by atoms with van der Waals surface area (Å²) < 4.78 is 10.7. The summed E-state index contributed by atoms with van der Waals surface area (Å²) in [6.45, 7) is 0. The Morgan fingerprint density at radius 3 is 2.48 bits per heavy atom. The van der Waals surface area contributed by atoms with Gasteiger partial charge in [-0.3, -0.25) is 4.79 Å². The first kappa shape index (κ1) is 15.0. The molecule has 0 bridgehead atoms. The Hall–Kier alpha value is -2.95. The highest BCUT2D eigenvalue weighted by Gasteiger charge is 2.11. The zero-order valence-corrected chi connectivity index (χ0v) is 12.6. The molecule has 0 fully saturated rings. The summed E-state index contributed by atoms with van der Waals surface area (Å²) in [5.41, 5.74) is 0.894. The van der Waals surface area contributed by atoms with E-state index in [0.717, 1.165) is 17.4 Å². The summed E-state index contributed by atoms with van der Waals surface area (Å²) in [4.78, 5) is 12.1. The first-order chi connectivity index (χ1) is 11.1. The van der Waals surface area contributed by atoms with E-state index in [2.05, 4.69) is 0 Å². The van der Waals surface area contributed by atoms with Crippen molar-refractivity contribution in [3.8, 4) is 17.2 Å². The summed E-state index contributed by atoms with van der Waals surface area (Å²) in [7, 11) is 1.61. The molecule has 0 unspecified atom stereocenters. The van der Waals surface area contributed by atoms with Crippen molar-refractivity contribution in [2.45, 2.75) is 12.8 Å². The van der Waals surface area contributed by atoms with Crippen molar-refractivity contribution >= 4 is 11.0 Å². The maximum atomic E-state index is 12.1. The van der Waals surface area contributed by atoms with Crippen molar-refractivity contribution in [2.24, 2.45) is 0 Å². The summed E-state index contributed by atoms with van der Waals surface area (Å²) in [5.74, 6) is 0.853. The molecule has 0 saturated carbocycles. The van der Waals surface area contributed by atoms with Crippen molar-refractivity contribution in [3.05, 3.63) is 64.0 Å². The van der Waals surface area contributed by atoms with Crippen LogP contribution in [-0.4, -0.2) is 17.3 Å². The molecule has 0 amide bonds. The van der Waals surface area contributed by atoms with Gasteiger partial charge in [-0.05, 0) is 30.2 Å². The van der Waals surface area contributed by atoms with E-state index in [0.29, 0.717) is 18.6 Å². The van der Waals surface area contributed by atoms with Gasteiger partial charge in [-0.1, -0.05) is 12.1 Å². The monoisotopic (exact) mass is 312 g/mol. The van der Waals surface area contributed by atoms with Crippen LogP contribution in [0.2, 0.25) is 0 Å². The molecule has 5 heteroatoms. The zero-order valence-electron chi connectivity index (χ0n) is 12.6. The molecule has 2 aromatic carbocycles. The van der Waals surface area contributed by atoms with Crippen LogP contribution in [0.5, 0.6) is 17.2 Å². The molecule has 0 saturated heterocycles. The number of phenols is 2. The molecule has 23 heavy (non-hydrogen) atoms. The maximum absolute atomic E-state index is 12.1. The molecule has 3 aromatic rings. The van der Waals surface area contributed by atoms with E-state index in [1.807, 2.05) is 24.3 Å². The molecule has 5 nitrogen and oxygen atoms in total. The molecular weight excluding hydrogens is 296 g/mol. The topological polar surface area (TPSA) is 79.9 Å². The number of aromatic hydroxyl groups is 2. The van der Waals surface area contributed by atoms with Crippen molar-refractivity contribution in [1.82, 2.24) is 0 Å². The largest absolute Gasteiger partial charge is 0.508 e. The number of benzene rings is 2. The van der Waals surface area contributed by atoms with Gasteiger partial charge in [0.15, 0.2) is 16.8 Å². The molecular formula is C18H16O5. The molecule has 0 atom stereocenters. The van der Waals surface area contributed by atoms with E-state index >= 15 is 0 Å². The fourth-order valence-corrected chi connectivity index (χ4v) is 2.46. The summed E-state index contributed by atoms with van der Waals surface area (Å²) in [5, 5.41) is 19.4. The van der Waals surface area contributed by atoms with Gasteiger partial charge < -0.3 is 19.4 Å². The minimum absolute atomic E-state index is 0.0973. The maximum Gasteiger partial charge on any atom is 0.193 e. The van der Waals surface area contributed by atoms with Gasteiger partial charge in [-0.25, -0.2) is 0 Å². The second kappa shape index (κ2) is 6.04. The van der Waals surface area contributed by atoms with Crippen LogP contribution in [0.3, 0.4) is 0 Å². The van der Waals surface area contributed by atoms with Gasteiger partial charge >= 0.3 is 0 Å². The fraction of sp³-hybridized carbons (Fsp3) is 0.167. The van der Waals surface area contributed by atoms with Crippen molar-refractivity contribution in [1.29, 1.82) is 0 Å². The van der Waals surface area contributed by atoms with Crippen molar-refractivity contribution < 1.29 is 19.4 Å². The van der Waals surface area contributed by atoms with E-state index in [1.165, 1.54) is 12.1 Å². The Morgan fingerprint density at radius 2 is 1.78 bits per heavy atom. The van der Waals surface area contributed by atoms with E-state index in [9.17, 15) is 15.0 Å². The van der Waals surface area contributed by atoms with Crippen LogP contribution in [0.1, 0.15) is 11.3 Å². The number of aryl methyl sites for hydroxylation is 2. The van der Waals surface area contributed by atoms with Gasteiger partial charge in [0.05, 0.1) is 12.5 Å². The lowest BCUT2D eigenvalue weighted by Gasteiger charge is -2.06. The molecule has 2 N–H and O–H groups in total. The Balaban J connectivity index is 1.87. The third-order valence-corrected chi connectivity index (χ3v) is 3.66. The SMILES string of the molecule is COc1ccc(CCc2cc(=O)c3cc(O)cc(O)c3o2)cc1. The number of phenolic OH excluding ortho intramolecular Hbond substituents is 2. The molecule has 0 radical (unpaired) electrons. The molecule has 3 rings (SSSR count). The predicted octanol–water partition coefficient (Wildman–Crippen LogP) is 3.00. The average molecular weight is 312 g/mol. The number of methoxy groups -OCH3 is 1. The first-order valence-corrected chi connectivity index (χ1v) is 7.18. The molecule has 1 heterocycles. The third-order valence-electron chi connectivity index (χ3n) is 3.66. The minimum Gasteiger partial charge on any atom is -0.508 e. The number of hydrogen-bond acceptors (Lipinski definition) is 5. The second-order valence-corrected chi connectivity index (χ2v) is 5.27. The van der Waals surface area contributed by atoms with Crippen molar-refractivity contribution in [2.75, 3.05) is 7.11 Å². The van der Waals surface area contributed by atoms with Crippen LogP contribution >= 0.6 is 0 Å². The molecule has 0 aliphatic rings. The van der Waals surface area contributed by atoms with E-state index in [-0.39, 0.29) is 27.9 Å². The lowest BCUT2D eigenvalue weighted by molar-refractivity contribution is 0.414. The summed E-state index contributed by atoms with van der Waals surface area (Å²) in [6.07, 6.45) is 1.22. The van der Waals surface area contributed by atoms with E-state index in [4.69, 9.17) is 9.15 Å². The Morgan fingerprint density at radius 1 is 1.04 bits per heavy atom. The molecule has 1 aromatic heterocycles. The fourth-order valence-electron chi connectivity index (χ4n) is 2.46. The molecule has 0 spiro atoms. The van der Waals surface area contributed by atoms with Gasteiger partial charge in [0, 0.05) is 18.6 Å². The predicted molar refractivity (Wildman–Crippen MR) is 86.2 cm³/mol. The Kier molecular flexibility index (Phi) is 3.93. The van der Waals surface area contributed by atoms with Crippen LogP contribution in [0.25, 0.3) is 11.0 Å². The lowest BCUT2D eigenvalue weighted by atomic mass is 10.1.